The van der Waals surface area contributed by atoms with Gasteiger partial charge >= 0.3 is 11.9 Å². The first-order valence-corrected chi connectivity index (χ1v) is 10.3. The Balaban J connectivity index is 1.81. The highest BCUT2D eigenvalue weighted by Gasteiger charge is 2.68. The highest BCUT2D eigenvalue weighted by atomic mass is 16.4. The van der Waals surface area contributed by atoms with E-state index in [2.05, 4.69) is 5.32 Å². The van der Waals surface area contributed by atoms with E-state index in [0.717, 1.165) is 11.0 Å². The van der Waals surface area contributed by atoms with Gasteiger partial charge in [0.25, 0.3) is 0 Å². The summed E-state index contributed by atoms with van der Waals surface area (Å²) in [5, 5.41) is 42.2. The second-order valence-corrected chi connectivity index (χ2v) is 8.29. The largest absolute Gasteiger partial charge is 0.508 e. The van der Waals surface area contributed by atoms with Gasteiger partial charge in [-0.2, -0.15) is 0 Å². The van der Waals surface area contributed by atoms with Gasteiger partial charge in [-0.25, -0.2) is 0 Å². The van der Waals surface area contributed by atoms with Crippen LogP contribution in [0.1, 0.15) is 30.0 Å². The number of carboxylic acids is 2. The van der Waals surface area contributed by atoms with Gasteiger partial charge in [0.15, 0.2) is 0 Å². The van der Waals surface area contributed by atoms with Crippen LogP contribution in [0, 0.1) is 11.8 Å². The van der Waals surface area contributed by atoms with E-state index in [0.29, 0.717) is 5.56 Å². The monoisotopic (exact) mass is 454 g/mol. The number of amides is 2. The number of hydrogen-bond acceptors (Lipinski definition) is 7. The molecule has 2 heterocycles. The molecule has 4 rings (SSSR count). The minimum atomic E-state index is -2.03. The highest BCUT2D eigenvalue weighted by molar-refractivity contribution is 6.09. The minimum absolute atomic E-state index is 0.0611. The zero-order valence-electron chi connectivity index (χ0n) is 17.3. The predicted molar refractivity (Wildman–Crippen MR) is 112 cm³/mol. The van der Waals surface area contributed by atoms with Crippen LogP contribution in [-0.2, 0) is 25.7 Å². The normalized spacial score (nSPS) is 26.4. The van der Waals surface area contributed by atoms with E-state index in [1.807, 2.05) is 0 Å². The number of imide groups is 1. The summed E-state index contributed by atoms with van der Waals surface area (Å²) in [7, 11) is 0. The van der Waals surface area contributed by atoms with Gasteiger partial charge in [-0.3, -0.25) is 29.4 Å². The second-order valence-electron chi connectivity index (χ2n) is 8.29. The van der Waals surface area contributed by atoms with Crippen molar-refractivity contribution < 1.29 is 39.6 Å². The average Bonchev–Trinajstić information content (AvgIpc) is 3.23. The van der Waals surface area contributed by atoms with Crippen molar-refractivity contribution in [1.29, 1.82) is 0 Å². The maximum Gasteiger partial charge on any atom is 0.324 e. The van der Waals surface area contributed by atoms with Gasteiger partial charge in [-0.15, -0.1) is 0 Å². The third-order valence-corrected chi connectivity index (χ3v) is 6.39. The summed E-state index contributed by atoms with van der Waals surface area (Å²) in [5.74, 6) is -7.20. The number of aliphatic carboxylic acids is 2. The summed E-state index contributed by atoms with van der Waals surface area (Å²) >= 11 is 0. The molecule has 33 heavy (non-hydrogen) atoms. The average molecular weight is 454 g/mol. The molecule has 0 saturated carbocycles. The molecule has 0 aliphatic carbocycles. The van der Waals surface area contributed by atoms with E-state index in [-0.39, 0.29) is 23.6 Å². The summed E-state index contributed by atoms with van der Waals surface area (Å²) < 4.78 is 0. The van der Waals surface area contributed by atoms with Gasteiger partial charge < -0.3 is 20.4 Å². The van der Waals surface area contributed by atoms with E-state index < -0.39 is 60.0 Å². The van der Waals surface area contributed by atoms with Gasteiger partial charge in [0.2, 0.25) is 11.8 Å². The fourth-order valence-electron chi connectivity index (χ4n) is 4.88. The van der Waals surface area contributed by atoms with Gasteiger partial charge in [0, 0.05) is 24.1 Å². The van der Waals surface area contributed by atoms with Crippen LogP contribution >= 0.6 is 0 Å². The molecule has 0 aromatic heterocycles. The molecule has 0 bridgehead atoms. The van der Waals surface area contributed by atoms with E-state index in [4.69, 9.17) is 0 Å². The summed E-state index contributed by atoms with van der Waals surface area (Å²) in [6.07, 6.45) is -0.983. The van der Waals surface area contributed by atoms with Crippen molar-refractivity contribution in [3.05, 3.63) is 59.7 Å². The molecule has 2 aromatic rings. The van der Waals surface area contributed by atoms with Crippen LogP contribution in [0.4, 0.5) is 0 Å². The number of rotatable bonds is 7. The lowest BCUT2D eigenvalue weighted by Gasteiger charge is -2.31. The van der Waals surface area contributed by atoms with Crippen LogP contribution < -0.4 is 5.32 Å². The molecular formula is C23H22N2O8. The first-order valence-electron chi connectivity index (χ1n) is 10.3. The van der Waals surface area contributed by atoms with E-state index in [9.17, 15) is 39.6 Å². The van der Waals surface area contributed by atoms with E-state index in [1.54, 1.807) is 30.3 Å². The number of phenolic OH excluding ortho intramolecular Hbond substituents is 2. The maximum atomic E-state index is 13.4. The van der Waals surface area contributed by atoms with Gasteiger partial charge in [0.1, 0.15) is 17.0 Å². The lowest BCUT2D eigenvalue weighted by atomic mass is 9.77. The number of hydrogen-bond donors (Lipinski definition) is 5. The lowest BCUT2D eigenvalue weighted by molar-refractivity contribution is -0.153. The number of aromatic hydroxyl groups is 2. The number of likely N-dealkylation sites (tertiary alicyclic amines) is 1. The van der Waals surface area contributed by atoms with Crippen molar-refractivity contribution in [1.82, 2.24) is 10.2 Å². The fourth-order valence-corrected chi connectivity index (χ4v) is 4.88. The molecule has 10 nitrogen and oxygen atoms in total. The van der Waals surface area contributed by atoms with E-state index >= 15 is 0 Å². The van der Waals surface area contributed by atoms with Crippen molar-refractivity contribution in [3.8, 4) is 11.5 Å². The number of benzene rings is 2. The first kappa shape index (κ1) is 22.3. The number of carbonyl (C=O) groups excluding carboxylic acids is 2. The summed E-state index contributed by atoms with van der Waals surface area (Å²) in [6.45, 7) is -0.0611. The Morgan fingerprint density at radius 3 is 2.30 bits per heavy atom. The number of fused-ring (bicyclic) bond motifs is 1. The number of nitrogens with zero attached hydrogens (tertiary/aromatic N) is 1. The molecule has 2 amide bonds. The van der Waals surface area contributed by atoms with Crippen LogP contribution in [-0.4, -0.2) is 54.6 Å². The van der Waals surface area contributed by atoms with Gasteiger partial charge in [0.05, 0.1) is 18.4 Å². The van der Waals surface area contributed by atoms with Crippen LogP contribution in [0.5, 0.6) is 11.5 Å². The molecule has 2 aliphatic rings. The number of phenols is 2. The molecule has 4 atom stereocenters. The number of nitrogens with one attached hydrogen (secondary N) is 1. The number of carbonyl (C=O) groups is 4. The molecule has 2 aromatic carbocycles. The third-order valence-electron chi connectivity index (χ3n) is 6.39. The topological polar surface area (TPSA) is 164 Å². The molecular weight excluding hydrogens is 432 g/mol. The molecule has 2 aliphatic heterocycles. The van der Waals surface area contributed by atoms with Crippen molar-refractivity contribution in [3.63, 3.8) is 0 Å². The Bertz CT molecular complexity index is 1130. The fraction of sp³-hybridized carbons (Fsp3) is 0.304. The quantitative estimate of drug-likeness (QED) is 0.387. The Hall–Kier alpha value is -3.92. The third kappa shape index (κ3) is 3.68. The summed E-state index contributed by atoms with van der Waals surface area (Å²) in [6, 6.07) is 11.3. The molecule has 172 valence electrons. The SMILES string of the molecule is O=C(O)CC[C@]1(C(=O)O)N[C@H](c2ccc(O)cc2O)[C@H]2C(=O)N(Cc3ccccc3)C(=O)[C@H]21. The van der Waals surface area contributed by atoms with Crippen molar-refractivity contribution in [2.45, 2.75) is 31.0 Å². The standard InChI is InChI=1S/C23H22N2O8/c26-13-6-7-14(15(27)10-13)19-17-18(23(24-19,22(32)33)9-8-16(28)29)21(31)25(20(17)30)11-12-4-2-1-3-5-12/h1-7,10,17-19,24,26-27H,8-9,11H2,(H,28,29)(H,32,33)/t17-,18-,19+,23-/m0/s1. The van der Waals surface area contributed by atoms with E-state index in [1.165, 1.54) is 12.1 Å². The molecule has 0 radical (unpaired) electrons. The van der Waals surface area contributed by atoms with Crippen LogP contribution in [0.3, 0.4) is 0 Å². The summed E-state index contributed by atoms with van der Waals surface area (Å²) in [4.78, 5) is 51.6. The van der Waals surface area contributed by atoms with Crippen molar-refractivity contribution in [2.24, 2.45) is 11.8 Å². The number of carboxylic acid groups (broad SMARTS) is 2. The molecule has 0 spiro atoms. The highest BCUT2D eigenvalue weighted by Crippen LogP contribution is 2.52. The van der Waals surface area contributed by atoms with Crippen LogP contribution in [0.2, 0.25) is 0 Å². The Kier molecular flexibility index (Phi) is 5.54. The smallest absolute Gasteiger partial charge is 0.324 e. The van der Waals surface area contributed by atoms with Crippen molar-refractivity contribution in [2.75, 3.05) is 0 Å². The Morgan fingerprint density at radius 2 is 1.70 bits per heavy atom. The molecule has 5 N–H and O–H groups in total. The summed E-state index contributed by atoms with van der Waals surface area (Å²) in [5.41, 5.74) is -1.23. The maximum absolute atomic E-state index is 13.4. The minimum Gasteiger partial charge on any atom is -0.508 e. The molecule has 2 fully saturated rings. The van der Waals surface area contributed by atoms with Gasteiger partial charge in [-0.1, -0.05) is 36.4 Å². The zero-order chi connectivity index (χ0) is 23.9. The predicted octanol–water partition coefficient (Wildman–Crippen LogP) is 1.23. The first-order chi connectivity index (χ1) is 15.7. The second kappa shape index (κ2) is 8.21. The lowest BCUT2D eigenvalue weighted by Crippen LogP contribution is -2.55. The molecule has 0 unspecified atom stereocenters. The van der Waals surface area contributed by atoms with Gasteiger partial charge in [-0.05, 0) is 18.1 Å². The van der Waals surface area contributed by atoms with Crippen molar-refractivity contribution >= 4 is 23.8 Å². The Morgan fingerprint density at radius 1 is 1.00 bits per heavy atom. The van der Waals surface area contributed by atoms with Crippen LogP contribution in [0.15, 0.2) is 48.5 Å². The Labute approximate surface area is 188 Å². The molecule has 10 heteroatoms. The molecule has 2 saturated heterocycles. The zero-order valence-corrected chi connectivity index (χ0v) is 17.3. The van der Waals surface area contributed by atoms with Crippen LogP contribution in [0.25, 0.3) is 0 Å².